The van der Waals surface area contributed by atoms with Gasteiger partial charge in [0.05, 0.1) is 17.9 Å². The third-order valence-electron chi connectivity index (χ3n) is 2.31. The monoisotopic (exact) mass is 287 g/mol. The Morgan fingerprint density at radius 2 is 2.28 bits per heavy atom. The fourth-order valence-corrected chi connectivity index (χ4v) is 2.50. The van der Waals surface area contributed by atoms with Crippen LogP contribution in [0.1, 0.15) is 19.8 Å². The SMILES string of the molecule is CCCCSCC(=O)Nc1ccc(OC)c(Cl)c1. The molecule has 0 bridgehead atoms. The lowest BCUT2D eigenvalue weighted by atomic mass is 10.3. The van der Waals surface area contributed by atoms with Gasteiger partial charge in [-0.05, 0) is 30.4 Å². The van der Waals surface area contributed by atoms with E-state index in [0.717, 1.165) is 18.6 Å². The molecule has 0 saturated carbocycles. The highest BCUT2D eigenvalue weighted by molar-refractivity contribution is 7.99. The molecule has 100 valence electrons. The van der Waals surface area contributed by atoms with Crippen LogP contribution in [0.15, 0.2) is 18.2 Å². The molecule has 0 aliphatic rings. The van der Waals surface area contributed by atoms with Gasteiger partial charge in [-0.2, -0.15) is 11.8 Å². The number of nitrogens with one attached hydrogen (secondary N) is 1. The zero-order valence-corrected chi connectivity index (χ0v) is 12.2. The van der Waals surface area contributed by atoms with Gasteiger partial charge in [0.15, 0.2) is 0 Å². The predicted octanol–water partition coefficient (Wildman–Crippen LogP) is 3.82. The molecule has 0 spiro atoms. The van der Waals surface area contributed by atoms with Gasteiger partial charge in [0.2, 0.25) is 5.91 Å². The molecule has 0 atom stereocenters. The van der Waals surface area contributed by atoms with Crippen molar-refractivity contribution in [1.82, 2.24) is 0 Å². The average Bonchev–Trinajstić information content (AvgIpc) is 2.35. The molecule has 1 N–H and O–H groups in total. The summed E-state index contributed by atoms with van der Waals surface area (Å²) in [4.78, 5) is 11.6. The summed E-state index contributed by atoms with van der Waals surface area (Å²) in [7, 11) is 1.56. The molecule has 0 saturated heterocycles. The summed E-state index contributed by atoms with van der Waals surface area (Å²) < 4.78 is 5.05. The number of benzene rings is 1. The van der Waals surface area contributed by atoms with Crippen molar-refractivity contribution < 1.29 is 9.53 Å². The number of carbonyl (C=O) groups is 1. The second-order valence-corrected chi connectivity index (χ2v) is 5.32. The van der Waals surface area contributed by atoms with E-state index < -0.39 is 0 Å². The minimum Gasteiger partial charge on any atom is -0.495 e. The average molecular weight is 288 g/mol. The van der Waals surface area contributed by atoms with Crippen molar-refractivity contribution in [3.05, 3.63) is 23.2 Å². The van der Waals surface area contributed by atoms with Gasteiger partial charge in [-0.15, -0.1) is 0 Å². The van der Waals surface area contributed by atoms with Crippen molar-refractivity contribution in [3.8, 4) is 5.75 Å². The van der Waals surface area contributed by atoms with Crippen molar-refractivity contribution in [3.63, 3.8) is 0 Å². The lowest BCUT2D eigenvalue weighted by Crippen LogP contribution is -2.14. The van der Waals surface area contributed by atoms with Crippen LogP contribution in [0.2, 0.25) is 5.02 Å². The molecule has 1 amide bonds. The summed E-state index contributed by atoms with van der Waals surface area (Å²) in [5.41, 5.74) is 0.696. The molecule has 1 aromatic carbocycles. The van der Waals surface area contributed by atoms with Crippen LogP contribution in [0.25, 0.3) is 0 Å². The van der Waals surface area contributed by atoms with Crippen molar-refractivity contribution in [2.24, 2.45) is 0 Å². The van der Waals surface area contributed by atoms with Crippen molar-refractivity contribution in [1.29, 1.82) is 0 Å². The van der Waals surface area contributed by atoms with E-state index in [4.69, 9.17) is 16.3 Å². The van der Waals surface area contributed by atoms with Crippen LogP contribution >= 0.6 is 23.4 Å². The highest BCUT2D eigenvalue weighted by Gasteiger charge is 2.05. The van der Waals surface area contributed by atoms with Gasteiger partial charge in [-0.3, -0.25) is 4.79 Å². The molecule has 0 heterocycles. The van der Waals surface area contributed by atoms with E-state index in [2.05, 4.69) is 12.2 Å². The van der Waals surface area contributed by atoms with E-state index in [9.17, 15) is 4.79 Å². The van der Waals surface area contributed by atoms with Gasteiger partial charge in [0.25, 0.3) is 0 Å². The van der Waals surface area contributed by atoms with Crippen LogP contribution in [0.3, 0.4) is 0 Å². The summed E-state index contributed by atoms with van der Waals surface area (Å²) in [5.74, 6) is 2.10. The van der Waals surface area contributed by atoms with E-state index in [0.29, 0.717) is 22.2 Å². The van der Waals surface area contributed by atoms with E-state index >= 15 is 0 Å². The predicted molar refractivity (Wildman–Crippen MR) is 78.9 cm³/mol. The minimum absolute atomic E-state index is 0.00247. The largest absolute Gasteiger partial charge is 0.495 e. The van der Waals surface area contributed by atoms with Crippen LogP contribution in [-0.2, 0) is 4.79 Å². The first kappa shape index (κ1) is 15.2. The number of thioether (sulfide) groups is 1. The zero-order valence-electron chi connectivity index (χ0n) is 10.7. The van der Waals surface area contributed by atoms with Crippen LogP contribution in [0.5, 0.6) is 5.75 Å². The Balaban J connectivity index is 2.42. The lowest BCUT2D eigenvalue weighted by molar-refractivity contribution is -0.113. The number of rotatable bonds is 7. The maximum absolute atomic E-state index is 11.6. The first-order valence-electron chi connectivity index (χ1n) is 5.88. The second kappa shape index (κ2) is 8.27. The first-order chi connectivity index (χ1) is 8.67. The number of amides is 1. The maximum atomic E-state index is 11.6. The standard InChI is InChI=1S/C13H18ClNO2S/c1-3-4-7-18-9-13(16)15-10-5-6-12(17-2)11(14)8-10/h5-6,8H,3-4,7,9H2,1-2H3,(H,15,16). The van der Waals surface area contributed by atoms with Gasteiger partial charge in [-0.1, -0.05) is 24.9 Å². The molecule has 1 rings (SSSR count). The molecular formula is C13H18ClNO2S. The Bertz CT molecular complexity index is 399. The normalized spacial score (nSPS) is 10.2. The van der Waals surface area contributed by atoms with Gasteiger partial charge < -0.3 is 10.1 Å². The molecular weight excluding hydrogens is 270 g/mol. The van der Waals surface area contributed by atoms with Crippen molar-refractivity contribution >= 4 is 35.0 Å². The van der Waals surface area contributed by atoms with E-state index in [1.165, 1.54) is 0 Å². The Morgan fingerprint density at radius 1 is 1.50 bits per heavy atom. The molecule has 0 aromatic heterocycles. The minimum atomic E-state index is -0.00247. The summed E-state index contributed by atoms with van der Waals surface area (Å²) in [6.45, 7) is 2.14. The van der Waals surface area contributed by atoms with Crippen molar-refractivity contribution in [2.45, 2.75) is 19.8 Å². The molecule has 0 fully saturated rings. The third kappa shape index (κ3) is 5.19. The summed E-state index contributed by atoms with van der Waals surface area (Å²) >= 11 is 7.62. The van der Waals surface area contributed by atoms with E-state index in [-0.39, 0.29) is 5.91 Å². The Morgan fingerprint density at radius 3 is 2.89 bits per heavy atom. The summed E-state index contributed by atoms with van der Waals surface area (Å²) in [6.07, 6.45) is 2.30. The molecule has 3 nitrogen and oxygen atoms in total. The van der Waals surface area contributed by atoms with Crippen molar-refractivity contribution in [2.75, 3.05) is 23.9 Å². The molecule has 1 aromatic rings. The molecule has 0 aliphatic heterocycles. The topological polar surface area (TPSA) is 38.3 Å². The van der Waals surface area contributed by atoms with Crippen LogP contribution in [0.4, 0.5) is 5.69 Å². The second-order valence-electron chi connectivity index (χ2n) is 3.80. The molecule has 0 radical (unpaired) electrons. The fourth-order valence-electron chi connectivity index (χ4n) is 1.35. The fraction of sp³-hybridized carbons (Fsp3) is 0.462. The third-order valence-corrected chi connectivity index (χ3v) is 3.65. The summed E-state index contributed by atoms with van der Waals surface area (Å²) in [6, 6.07) is 5.20. The van der Waals surface area contributed by atoms with Gasteiger partial charge in [0, 0.05) is 5.69 Å². The van der Waals surface area contributed by atoms with Gasteiger partial charge in [0.1, 0.15) is 5.75 Å². The number of hydrogen-bond acceptors (Lipinski definition) is 3. The maximum Gasteiger partial charge on any atom is 0.234 e. The molecule has 18 heavy (non-hydrogen) atoms. The van der Waals surface area contributed by atoms with Crippen LogP contribution in [-0.4, -0.2) is 24.5 Å². The number of carbonyl (C=O) groups excluding carboxylic acids is 1. The number of halogens is 1. The van der Waals surface area contributed by atoms with Gasteiger partial charge >= 0.3 is 0 Å². The smallest absolute Gasteiger partial charge is 0.234 e. The van der Waals surface area contributed by atoms with E-state index in [1.54, 1.807) is 37.1 Å². The summed E-state index contributed by atoms with van der Waals surface area (Å²) in [5, 5.41) is 3.31. The van der Waals surface area contributed by atoms with Gasteiger partial charge in [-0.25, -0.2) is 0 Å². The highest BCUT2D eigenvalue weighted by atomic mass is 35.5. The van der Waals surface area contributed by atoms with Crippen LogP contribution < -0.4 is 10.1 Å². The molecule has 0 unspecified atom stereocenters. The highest BCUT2D eigenvalue weighted by Crippen LogP contribution is 2.27. The number of hydrogen-bond donors (Lipinski definition) is 1. The Labute approximate surface area is 117 Å². The van der Waals surface area contributed by atoms with Crippen LogP contribution in [0, 0.1) is 0 Å². The van der Waals surface area contributed by atoms with E-state index in [1.807, 2.05) is 0 Å². The zero-order chi connectivity index (χ0) is 13.4. The first-order valence-corrected chi connectivity index (χ1v) is 7.41. The Hall–Kier alpha value is -0.870. The number of ether oxygens (including phenoxy) is 1. The number of methoxy groups -OCH3 is 1. The number of unbranched alkanes of at least 4 members (excludes halogenated alkanes) is 1. The molecule has 5 heteroatoms. The molecule has 0 aliphatic carbocycles. The lowest BCUT2D eigenvalue weighted by Gasteiger charge is -2.07. The quantitative estimate of drug-likeness (QED) is 0.775. The number of anilines is 1. The Kier molecular flexibility index (Phi) is 6.98.